The van der Waals surface area contributed by atoms with Crippen LogP contribution in [-0.2, 0) is 4.79 Å². The number of carbonyl (C=O) groups excluding carboxylic acids is 1. The lowest BCUT2D eigenvalue weighted by molar-refractivity contribution is -0.122. The highest BCUT2D eigenvalue weighted by Gasteiger charge is 2.32. The summed E-state index contributed by atoms with van der Waals surface area (Å²) in [5, 5.41) is 6.70. The minimum Gasteiger partial charge on any atom is -0.354 e. The summed E-state index contributed by atoms with van der Waals surface area (Å²) in [6.07, 6.45) is 3.27. The van der Waals surface area contributed by atoms with E-state index in [2.05, 4.69) is 31.4 Å². The second-order valence-electron chi connectivity index (χ2n) is 6.72. The van der Waals surface area contributed by atoms with Crippen LogP contribution in [0.5, 0.6) is 0 Å². The third-order valence-electron chi connectivity index (χ3n) is 4.74. The molecule has 1 heterocycles. The monoisotopic (exact) mass is 324 g/mol. The zero-order valence-electron chi connectivity index (χ0n) is 13.9. The Morgan fingerprint density at radius 2 is 2.05 bits per heavy atom. The first-order chi connectivity index (χ1) is 10.0. The van der Waals surface area contributed by atoms with Crippen LogP contribution in [0, 0.1) is 5.41 Å². The maximum atomic E-state index is 12.5. The zero-order valence-corrected chi connectivity index (χ0v) is 14.7. The number of rotatable bonds is 5. The van der Waals surface area contributed by atoms with Gasteiger partial charge in [0.1, 0.15) is 0 Å². The van der Waals surface area contributed by atoms with Gasteiger partial charge in [-0.15, -0.1) is 12.4 Å². The van der Waals surface area contributed by atoms with E-state index in [1.165, 1.54) is 12.8 Å². The maximum Gasteiger partial charge on any atom is 0.227 e. The van der Waals surface area contributed by atoms with E-state index >= 15 is 0 Å². The van der Waals surface area contributed by atoms with Gasteiger partial charge in [-0.2, -0.15) is 0 Å². The second-order valence-corrected chi connectivity index (χ2v) is 6.72. The van der Waals surface area contributed by atoms with Crippen molar-refractivity contribution in [3.05, 3.63) is 35.9 Å². The molecule has 2 atom stereocenters. The van der Waals surface area contributed by atoms with Crippen LogP contribution in [0.25, 0.3) is 0 Å². The minimum absolute atomic E-state index is 0. The quantitative estimate of drug-likeness (QED) is 0.870. The van der Waals surface area contributed by atoms with E-state index in [-0.39, 0.29) is 29.6 Å². The Balaban J connectivity index is 0.00000242. The summed E-state index contributed by atoms with van der Waals surface area (Å²) < 4.78 is 0. The van der Waals surface area contributed by atoms with Crippen molar-refractivity contribution in [1.29, 1.82) is 0 Å². The van der Waals surface area contributed by atoms with E-state index in [9.17, 15) is 4.79 Å². The Morgan fingerprint density at radius 3 is 2.64 bits per heavy atom. The lowest BCUT2D eigenvalue weighted by Crippen LogP contribution is -2.53. The molecule has 1 aromatic carbocycles. The van der Waals surface area contributed by atoms with Gasteiger partial charge in [0.25, 0.3) is 0 Å². The van der Waals surface area contributed by atoms with Crippen molar-refractivity contribution in [2.45, 2.75) is 52.0 Å². The molecule has 2 rings (SSSR count). The van der Waals surface area contributed by atoms with Gasteiger partial charge >= 0.3 is 0 Å². The topological polar surface area (TPSA) is 41.1 Å². The molecule has 3 nitrogen and oxygen atoms in total. The van der Waals surface area contributed by atoms with Crippen LogP contribution in [0.4, 0.5) is 0 Å². The fraction of sp³-hybridized carbons (Fsp3) is 0.611. The number of benzene rings is 1. The van der Waals surface area contributed by atoms with E-state index in [4.69, 9.17) is 0 Å². The third-order valence-corrected chi connectivity index (χ3v) is 4.74. The molecule has 2 unspecified atom stereocenters. The molecular weight excluding hydrogens is 296 g/mol. The van der Waals surface area contributed by atoms with Gasteiger partial charge in [0, 0.05) is 12.6 Å². The van der Waals surface area contributed by atoms with Crippen LogP contribution in [0.1, 0.15) is 51.5 Å². The number of hydrogen-bond donors (Lipinski definition) is 2. The van der Waals surface area contributed by atoms with E-state index in [0.717, 1.165) is 25.1 Å². The fourth-order valence-corrected chi connectivity index (χ4v) is 3.20. The third kappa shape index (κ3) is 4.72. The van der Waals surface area contributed by atoms with Gasteiger partial charge in [-0.1, -0.05) is 51.1 Å². The summed E-state index contributed by atoms with van der Waals surface area (Å²) in [6, 6.07) is 10.4. The number of halogens is 1. The Hall–Kier alpha value is -1.06. The number of amides is 1. The molecule has 4 heteroatoms. The van der Waals surface area contributed by atoms with E-state index in [0.29, 0.717) is 6.04 Å². The second kappa shape index (κ2) is 8.54. The van der Waals surface area contributed by atoms with Gasteiger partial charge in [-0.05, 0) is 36.8 Å². The first-order valence-electron chi connectivity index (χ1n) is 8.10. The Bertz CT molecular complexity index is 461. The molecule has 0 saturated carbocycles. The summed E-state index contributed by atoms with van der Waals surface area (Å²) >= 11 is 0. The molecule has 1 saturated heterocycles. The summed E-state index contributed by atoms with van der Waals surface area (Å²) in [4.78, 5) is 12.5. The van der Waals surface area contributed by atoms with Gasteiger partial charge < -0.3 is 10.6 Å². The van der Waals surface area contributed by atoms with Gasteiger partial charge in [-0.3, -0.25) is 4.79 Å². The lowest BCUT2D eigenvalue weighted by atomic mass is 9.77. The molecule has 22 heavy (non-hydrogen) atoms. The predicted octanol–water partition coefficient (Wildman–Crippen LogP) is 3.50. The summed E-state index contributed by atoms with van der Waals surface area (Å²) in [5.41, 5.74) is 1.35. The van der Waals surface area contributed by atoms with Crippen molar-refractivity contribution >= 4 is 18.3 Å². The van der Waals surface area contributed by atoms with E-state index in [1.807, 2.05) is 30.3 Å². The first kappa shape index (κ1) is 19.0. The molecular formula is C18H29ClN2O. The molecule has 2 N–H and O–H groups in total. The van der Waals surface area contributed by atoms with E-state index in [1.54, 1.807) is 0 Å². The molecule has 1 aromatic rings. The maximum absolute atomic E-state index is 12.5. The largest absolute Gasteiger partial charge is 0.354 e. The van der Waals surface area contributed by atoms with Crippen molar-refractivity contribution in [3.63, 3.8) is 0 Å². The van der Waals surface area contributed by atoms with Crippen molar-refractivity contribution in [2.24, 2.45) is 5.41 Å². The first-order valence-corrected chi connectivity index (χ1v) is 8.10. The highest BCUT2D eigenvalue weighted by atomic mass is 35.5. The minimum atomic E-state index is -0.0436. The van der Waals surface area contributed by atoms with Crippen LogP contribution in [0.2, 0.25) is 0 Å². The Labute approximate surface area is 140 Å². The Morgan fingerprint density at radius 1 is 1.36 bits per heavy atom. The molecule has 0 aromatic heterocycles. The van der Waals surface area contributed by atoms with Crippen LogP contribution in [0.3, 0.4) is 0 Å². The highest BCUT2D eigenvalue weighted by molar-refractivity contribution is 5.85. The molecule has 1 aliphatic heterocycles. The molecule has 0 radical (unpaired) electrons. The number of piperidine rings is 1. The summed E-state index contributed by atoms with van der Waals surface area (Å²) in [7, 11) is 0. The van der Waals surface area contributed by atoms with Crippen LogP contribution in [-0.4, -0.2) is 25.0 Å². The van der Waals surface area contributed by atoms with E-state index < -0.39 is 0 Å². The smallest absolute Gasteiger partial charge is 0.227 e. The van der Waals surface area contributed by atoms with Crippen molar-refractivity contribution in [1.82, 2.24) is 10.6 Å². The van der Waals surface area contributed by atoms with Crippen LogP contribution >= 0.6 is 12.4 Å². The van der Waals surface area contributed by atoms with Gasteiger partial charge in [0.2, 0.25) is 5.91 Å². The molecule has 1 fully saturated rings. The van der Waals surface area contributed by atoms with Crippen LogP contribution < -0.4 is 10.6 Å². The number of carbonyl (C=O) groups is 1. The van der Waals surface area contributed by atoms with Crippen molar-refractivity contribution in [2.75, 3.05) is 13.1 Å². The zero-order chi connectivity index (χ0) is 15.3. The van der Waals surface area contributed by atoms with Gasteiger partial charge in [-0.25, -0.2) is 0 Å². The van der Waals surface area contributed by atoms with Gasteiger partial charge in [0.05, 0.1) is 5.92 Å². The number of hydrogen-bond acceptors (Lipinski definition) is 2. The molecule has 1 aliphatic rings. The SMILES string of the molecule is CCC(C(=O)NCC1NCCCC1(C)C)c1ccccc1.Cl. The molecule has 1 amide bonds. The molecule has 0 spiro atoms. The normalized spacial score (nSPS) is 21.5. The predicted molar refractivity (Wildman–Crippen MR) is 94.5 cm³/mol. The fourth-order valence-electron chi connectivity index (χ4n) is 3.20. The molecule has 0 aliphatic carbocycles. The van der Waals surface area contributed by atoms with Crippen molar-refractivity contribution in [3.8, 4) is 0 Å². The van der Waals surface area contributed by atoms with Gasteiger partial charge in [0.15, 0.2) is 0 Å². The average Bonchev–Trinajstić information content (AvgIpc) is 2.47. The Kier molecular flexibility index (Phi) is 7.37. The summed E-state index contributed by atoms with van der Waals surface area (Å²) in [5.74, 6) is 0.102. The standard InChI is InChI=1S/C18H28N2O.ClH/c1-4-15(14-9-6-5-7-10-14)17(21)20-13-16-18(2,3)11-8-12-19-16;/h5-7,9-10,15-16,19H,4,8,11-13H2,1-3H3,(H,20,21);1H. The van der Waals surface area contributed by atoms with Crippen molar-refractivity contribution < 1.29 is 4.79 Å². The average molecular weight is 325 g/mol. The molecule has 0 bridgehead atoms. The summed E-state index contributed by atoms with van der Waals surface area (Å²) in [6.45, 7) is 8.41. The lowest BCUT2D eigenvalue weighted by Gasteiger charge is -2.39. The highest BCUT2D eigenvalue weighted by Crippen LogP contribution is 2.29. The number of nitrogens with one attached hydrogen (secondary N) is 2. The van der Waals surface area contributed by atoms with Crippen LogP contribution in [0.15, 0.2) is 30.3 Å². The molecule has 124 valence electrons.